The van der Waals surface area contributed by atoms with Gasteiger partial charge in [0.1, 0.15) is 5.58 Å². The summed E-state index contributed by atoms with van der Waals surface area (Å²) in [5.41, 5.74) is 5.11. The Balaban J connectivity index is 1.22. The summed E-state index contributed by atoms with van der Waals surface area (Å²) >= 11 is 0. The molecule has 3 fully saturated rings. The van der Waals surface area contributed by atoms with Crippen LogP contribution in [0.4, 0.5) is 0 Å². The van der Waals surface area contributed by atoms with E-state index in [-0.39, 0.29) is 11.3 Å². The highest BCUT2D eigenvalue weighted by atomic mass is 16.3. The molecule has 2 aromatic carbocycles. The molecule has 7 rings (SSSR count). The zero-order valence-corrected chi connectivity index (χ0v) is 22.0. The molecule has 0 radical (unpaired) electrons. The second-order valence-corrected chi connectivity index (χ2v) is 12.3. The minimum absolute atomic E-state index is 0.0123. The molecule has 4 aliphatic rings. The number of furan rings is 1. The predicted octanol–water partition coefficient (Wildman–Crippen LogP) is 6.58. The van der Waals surface area contributed by atoms with Gasteiger partial charge in [0.2, 0.25) is 5.91 Å². The molecule has 0 bridgehead atoms. The van der Waals surface area contributed by atoms with Crippen LogP contribution in [0.15, 0.2) is 59.2 Å². The van der Waals surface area contributed by atoms with Gasteiger partial charge in [-0.3, -0.25) is 4.79 Å². The van der Waals surface area contributed by atoms with Crippen molar-refractivity contribution in [2.45, 2.75) is 81.6 Å². The van der Waals surface area contributed by atoms with Gasteiger partial charge in [0.25, 0.3) is 0 Å². The van der Waals surface area contributed by atoms with E-state index in [4.69, 9.17) is 4.42 Å². The topological polar surface area (TPSA) is 45.5 Å². The first kappa shape index (κ1) is 23.5. The van der Waals surface area contributed by atoms with Gasteiger partial charge in [0.15, 0.2) is 0 Å². The van der Waals surface area contributed by atoms with Crippen molar-refractivity contribution in [1.82, 2.24) is 10.2 Å². The van der Waals surface area contributed by atoms with E-state index in [1.54, 1.807) is 0 Å². The number of carbonyl (C=O) groups excluding carboxylic acids is 1. The van der Waals surface area contributed by atoms with E-state index in [2.05, 4.69) is 58.7 Å². The van der Waals surface area contributed by atoms with Crippen LogP contribution in [0.5, 0.6) is 0 Å². The van der Waals surface area contributed by atoms with Crippen LogP contribution in [0.25, 0.3) is 11.0 Å². The summed E-state index contributed by atoms with van der Waals surface area (Å²) in [5, 5.41) is 4.87. The number of amides is 1. The smallest absolute Gasteiger partial charge is 0.228 e. The molecule has 194 valence electrons. The molecular weight excluding hydrogens is 456 g/mol. The van der Waals surface area contributed by atoms with Crippen molar-refractivity contribution in [3.05, 3.63) is 71.5 Å². The van der Waals surface area contributed by atoms with Crippen LogP contribution in [0.2, 0.25) is 0 Å². The highest BCUT2D eigenvalue weighted by Crippen LogP contribution is 2.49. The van der Waals surface area contributed by atoms with Gasteiger partial charge in [-0.05, 0) is 79.5 Å². The molecule has 2 saturated heterocycles. The number of benzene rings is 2. The number of nitrogens with one attached hydrogen (secondary N) is 1. The Labute approximate surface area is 220 Å². The molecule has 2 aliphatic carbocycles. The van der Waals surface area contributed by atoms with Gasteiger partial charge >= 0.3 is 0 Å². The third-order valence-corrected chi connectivity index (χ3v) is 10.5. The van der Waals surface area contributed by atoms with Crippen molar-refractivity contribution < 1.29 is 9.21 Å². The maximum atomic E-state index is 14.7. The van der Waals surface area contributed by atoms with E-state index in [9.17, 15) is 4.79 Å². The van der Waals surface area contributed by atoms with E-state index in [1.165, 1.54) is 54.2 Å². The molecule has 4 nitrogen and oxygen atoms in total. The molecule has 37 heavy (non-hydrogen) atoms. The number of likely N-dealkylation sites (tertiary alicyclic amines) is 1. The van der Waals surface area contributed by atoms with E-state index in [0.717, 1.165) is 57.3 Å². The number of carbonyl (C=O) groups is 1. The zero-order chi connectivity index (χ0) is 24.8. The van der Waals surface area contributed by atoms with Crippen LogP contribution < -0.4 is 5.32 Å². The number of aryl methyl sites for hydroxylation is 1. The molecule has 2 aliphatic heterocycles. The van der Waals surface area contributed by atoms with Crippen molar-refractivity contribution in [3.63, 3.8) is 0 Å². The highest BCUT2D eigenvalue weighted by molar-refractivity contribution is 5.85. The van der Waals surface area contributed by atoms with Crippen molar-refractivity contribution in [2.75, 3.05) is 19.6 Å². The molecule has 1 N–H and O–H groups in total. The van der Waals surface area contributed by atoms with E-state index >= 15 is 0 Å². The Morgan fingerprint density at radius 1 is 0.973 bits per heavy atom. The van der Waals surface area contributed by atoms with E-state index in [0.29, 0.717) is 23.8 Å². The van der Waals surface area contributed by atoms with Crippen LogP contribution >= 0.6 is 0 Å². The van der Waals surface area contributed by atoms with Gasteiger partial charge in [-0.15, -0.1) is 0 Å². The van der Waals surface area contributed by atoms with Gasteiger partial charge in [-0.25, -0.2) is 0 Å². The Hall–Kier alpha value is -2.59. The summed E-state index contributed by atoms with van der Waals surface area (Å²) in [6, 6.07) is 18.0. The van der Waals surface area contributed by atoms with E-state index in [1.807, 2.05) is 6.26 Å². The summed E-state index contributed by atoms with van der Waals surface area (Å²) in [6.45, 7) is 2.60. The molecule has 4 atom stereocenters. The fourth-order valence-corrected chi connectivity index (χ4v) is 8.61. The zero-order valence-electron chi connectivity index (χ0n) is 22.0. The second-order valence-electron chi connectivity index (χ2n) is 12.3. The van der Waals surface area contributed by atoms with Gasteiger partial charge in [-0.2, -0.15) is 0 Å². The molecule has 1 aromatic heterocycles. The normalized spacial score (nSPS) is 30.6. The lowest BCUT2D eigenvalue weighted by atomic mass is 9.63. The average molecular weight is 497 g/mol. The first-order valence-electron chi connectivity index (χ1n) is 14.8. The fraction of sp³-hybridized carbons (Fsp3) is 0.545. The van der Waals surface area contributed by atoms with Crippen LogP contribution in [-0.2, 0) is 16.6 Å². The molecule has 1 saturated carbocycles. The van der Waals surface area contributed by atoms with Crippen LogP contribution in [0.3, 0.4) is 0 Å². The quantitative estimate of drug-likeness (QED) is 0.445. The summed E-state index contributed by atoms with van der Waals surface area (Å²) in [5.74, 6) is 1.64. The Morgan fingerprint density at radius 3 is 2.70 bits per heavy atom. The van der Waals surface area contributed by atoms with Gasteiger partial charge in [0.05, 0.1) is 12.2 Å². The maximum Gasteiger partial charge on any atom is 0.228 e. The maximum absolute atomic E-state index is 14.7. The van der Waals surface area contributed by atoms with Crippen molar-refractivity contribution >= 4 is 16.9 Å². The predicted molar refractivity (Wildman–Crippen MR) is 148 cm³/mol. The van der Waals surface area contributed by atoms with Gasteiger partial charge in [0, 0.05) is 36.5 Å². The second kappa shape index (κ2) is 9.62. The Kier molecular flexibility index (Phi) is 6.11. The van der Waals surface area contributed by atoms with Gasteiger partial charge in [-0.1, -0.05) is 61.7 Å². The minimum Gasteiger partial charge on any atom is -0.464 e. The lowest BCUT2D eigenvalue weighted by molar-refractivity contribution is -0.143. The number of rotatable bonds is 3. The summed E-state index contributed by atoms with van der Waals surface area (Å²) < 4.78 is 5.97. The molecular formula is C33H40N2O2. The summed E-state index contributed by atoms with van der Waals surface area (Å²) in [7, 11) is 0. The van der Waals surface area contributed by atoms with Crippen LogP contribution in [0, 0.1) is 11.8 Å². The molecule has 4 heteroatoms. The Morgan fingerprint density at radius 2 is 1.84 bits per heavy atom. The molecule has 0 unspecified atom stereocenters. The highest BCUT2D eigenvalue weighted by Gasteiger charge is 2.52. The molecule has 3 aromatic rings. The third-order valence-electron chi connectivity index (χ3n) is 10.5. The number of hydrogen-bond acceptors (Lipinski definition) is 3. The minimum atomic E-state index is -0.112. The first-order chi connectivity index (χ1) is 18.2. The van der Waals surface area contributed by atoms with Gasteiger partial charge < -0.3 is 14.6 Å². The lowest BCUT2D eigenvalue weighted by Gasteiger charge is -2.48. The third kappa shape index (κ3) is 3.94. The largest absolute Gasteiger partial charge is 0.464 e. The van der Waals surface area contributed by atoms with Crippen molar-refractivity contribution in [2.24, 2.45) is 11.8 Å². The lowest BCUT2D eigenvalue weighted by Crippen LogP contribution is -2.55. The molecule has 1 amide bonds. The van der Waals surface area contributed by atoms with Crippen molar-refractivity contribution in [3.8, 4) is 0 Å². The number of nitrogens with zero attached hydrogens (tertiary/aromatic N) is 1. The SMILES string of the molecule is O=C([C@@H]1CNC[C@]12CCCc1c2ccc2ccoc12)N1CC[C@@H](c2ccccc2)C[C@H]1C1CCCCC1. The van der Waals surface area contributed by atoms with Crippen molar-refractivity contribution in [1.29, 1.82) is 0 Å². The molecule has 3 heterocycles. The summed E-state index contributed by atoms with van der Waals surface area (Å²) in [6.07, 6.45) is 13.8. The molecule has 1 spiro atoms. The van der Waals surface area contributed by atoms with Crippen LogP contribution in [0.1, 0.15) is 80.4 Å². The Bertz CT molecular complexity index is 1260. The summed E-state index contributed by atoms with van der Waals surface area (Å²) in [4.78, 5) is 17.0. The number of fused-ring (bicyclic) bond motifs is 4. The first-order valence-corrected chi connectivity index (χ1v) is 14.8. The van der Waals surface area contributed by atoms with Crippen LogP contribution in [-0.4, -0.2) is 36.5 Å². The standard InChI is InChI=1S/C33H40N2O2/c36-32(29-21-34-22-33(29)17-7-12-27-28(33)14-13-25-16-19-37-31(25)27)35-18-15-26(23-8-3-1-4-9-23)20-30(35)24-10-5-2-6-11-24/h1,3-4,8-9,13-14,16,19,24,26,29-30,34H,2,5-7,10-12,15,17-18,20-22H2/t26-,29+,30+,33+/m1/s1. The number of piperidine rings is 1. The fourth-order valence-electron chi connectivity index (χ4n) is 8.61. The monoisotopic (exact) mass is 496 g/mol. The number of hydrogen-bond donors (Lipinski definition) is 1. The average Bonchev–Trinajstić information content (AvgIpc) is 3.62. The van der Waals surface area contributed by atoms with E-state index < -0.39 is 0 Å².